The van der Waals surface area contributed by atoms with E-state index in [0.717, 1.165) is 12.1 Å². The Balaban J connectivity index is 3.11. The van der Waals surface area contributed by atoms with Gasteiger partial charge in [0.05, 0.1) is 5.56 Å². The van der Waals surface area contributed by atoms with Gasteiger partial charge in [0.25, 0.3) is 0 Å². The molecule has 0 amide bonds. The third kappa shape index (κ3) is 4.24. The molecule has 20 heavy (non-hydrogen) atoms. The highest BCUT2D eigenvalue weighted by Gasteiger charge is 2.32. The van der Waals surface area contributed by atoms with E-state index in [4.69, 9.17) is 10.9 Å². The van der Waals surface area contributed by atoms with Crippen molar-refractivity contribution in [3.05, 3.63) is 17.7 Å². The van der Waals surface area contributed by atoms with Crippen molar-refractivity contribution in [1.82, 2.24) is 4.98 Å². The number of aromatic nitrogens is 1. The van der Waals surface area contributed by atoms with E-state index >= 15 is 0 Å². The summed E-state index contributed by atoms with van der Waals surface area (Å²) in [7, 11) is 0. The maximum atomic E-state index is 12.8. The Morgan fingerprint density at radius 2 is 1.90 bits per heavy atom. The molecule has 1 atom stereocenters. The standard InChI is InChI=1S/C12H19F3N4O/c1-3-11(2,4-5-20)18-9-6-8(12(13,14)15)7-10(17-9)19-16/h6-7,20H,3-5,16H2,1-2H3,(H2,17,18,19). The molecule has 5 N–H and O–H groups in total. The Morgan fingerprint density at radius 1 is 1.30 bits per heavy atom. The molecule has 1 aromatic heterocycles. The van der Waals surface area contributed by atoms with Crippen LogP contribution in [0.5, 0.6) is 0 Å². The van der Waals surface area contributed by atoms with E-state index in [1.165, 1.54) is 0 Å². The van der Waals surface area contributed by atoms with Crippen molar-refractivity contribution in [2.75, 3.05) is 17.3 Å². The van der Waals surface area contributed by atoms with Gasteiger partial charge in [-0.2, -0.15) is 13.2 Å². The minimum absolute atomic E-state index is 0.0607. The highest BCUT2D eigenvalue weighted by atomic mass is 19.4. The number of nitrogen functional groups attached to an aromatic ring is 1. The molecule has 0 radical (unpaired) electrons. The number of hydrazine groups is 1. The van der Waals surface area contributed by atoms with Crippen LogP contribution in [-0.4, -0.2) is 22.2 Å². The second-order valence-corrected chi connectivity index (χ2v) is 4.78. The van der Waals surface area contributed by atoms with Gasteiger partial charge in [0, 0.05) is 12.1 Å². The fourth-order valence-electron chi connectivity index (χ4n) is 1.72. The quantitative estimate of drug-likeness (QED) is 0.478. The van der Waals surface area contributed by atoms with E-state index in [1.54, 1.807) is 6.92 Å². The number of pyridine rings is 1. The fourth-order valence-corrected chi connectivity index (χ4v) is 1.72. The number of nitrogens with two attached hydrogens (primary N) is 1. The van der Waals surface area contributed by atoms with Crippen molar-refractivity contribution in [3.8, 4) is 0 Å². The first-order valence-corrected chi connectivity index (χ1v) is 6.19. The Kier molecular flexibility index (Phi) is 5.18. The number of hydrogen-bond donors (Lipinski definition) is 4. The molecule has 0 aromatic carbocycles. The highest BCUT2D eigenvalue weighted by Crippen LogP contribution is 2.33. The van der Waals surface area contributed by atoms with Crippen LogP contribution in [0.2, 0.25) is 0 Å². The largest absolute Gasteiger partial charge is 0.416 e. The lowest BCUT2D eigenvalue weighted by Crippen LogP contribution is -2.35. The number of hydrogen-bond acceptors (Lipinski definition) is 5. The molecule has 8 heteroatoms. The first-order chi connectivity index (χ1) is 9.24. The van der Waals surface area contributed by atoms with Gasteiger partial charge in [0.15, 0.2) is 0 Å². The summed E-state index contributed by atoms with van der Waals surface area (Å²) in [5.41, 5.74) is 0.729. The van der Waals surface area contributed by atoms with Crippen LogP contribution in [0.15, 0.2) is 12.1 Å². The molecular formula is C12H19F3N4O. The summed E-state index contributed by atoms with van der Waals surface area (Å²) in [4.78, 5) is 3.95. The van der Waals surface area contributed by atoms with Gasteiger partial charge in [-0.05, 0) is 31.9 Å². The third-order valence-electron chi connectivity index (χ3n) is 3.17. The van der Waals surface area contributed by atoms with E-state index < -0.39 is 17.3 Å². The number of nitrogens with zero attached hydrogens (tertiary/aromatic N) is 1. The lowest BCUT2D eigenvalue weighted by Gasteiger charge is -2.30. The zero-order valence-electron chi connectivity index (χ0n) is 11.4. The summed E-state index contributed by atoms with van der Waals surface area (Å²) < 4.78 is 38.3. The average Bonchev–Trinajstić information content (AvgIpc) is 2.37. The molecule has 0 aliphatic rings. The molecule has 114 valence electrons. The van der Waals surface area contributed by atoms with Gasteiger partial charge in [0.2, 0.25) is 0 Å². The van der Waals surface area contributed by atoms with E-state index in [9.17, 15) is 13.2 Å². The monoisotopic (exact) mass is 292 g/mol. The minimum Gasteiger partial charge on any atom is -0.396 e. The predicted molar refractivity (Wildman–Crippen MR) is 71.1 cm³/mol. The summed E-state index contributed by atoms with van der Waals surface area (Å²) in [5, 5.41) is 11.9. The molecule has 1 rings (SSSR count). The van der Waals surface area contributed by atoms with Crippen molar-refractivity contribution in [2.45, 2.75) is 38.4 Å². The zero-order valence-corrected chi connectivity index (χ0v) is 11.4. The van der Waals surface area contributed by atoms with Crippen molar-refractivity contribution >= 4 is 11.6 Å². The predicted octanol–water partition coefficient (Wildman–Crippen LogP) is 2.35. The van der Waals surface area contributed by atoms with Gasteiger partial charge in [-0.15, -0.1) is 0 Å². The van der Waals surface area contributed by atoms with Gasteiger partial charge in [-0.25, -0.2) is 10.8 Å². The molecule has 0 fully saturated rings. The average molecular weight is 292 g/mol. The Labute approximate surface area is 115 Å². The molecule has 0 aliphatic carbocycles. The number of nitrogens with one attached hydrogen (secondary N) is 2. The van der Waals surface area contributed by atoms with Crippen LogP contribution in [0.1, 0.15) is 32.3 Å². The summed E-state index contributed by atoms with van der Waals surface area (Å²) in [6, 6.07) is 1.76. The van der Waals surface area contributed by atoms with Crippen LogP contribution in [0.4, 0.5) is 24.8 Å². The van der Waals surface area contributed by atoms with Gasteiger partial charge < -0.3 is 15.8 Å². The Morgan fingerprint density at radius 3 is 2.35 bits per heavy atom. The minimum atomic E-state index is -4.48. The molecular weight excluding hydrogens is 273 g/mol. The van der Waals surface area contributed by atoms with Crippen LogP contribution in [0.25, 0.3) is 0 Å². The number of aliphatic hydroxyl groups excluding tert-OH is 1. The summed E-state index contributed by atoms with van der Waals surface area (Å²) in [5.74, 6) is 5.12. The SMILES string of the molecule is CCC(C)(CCO)Nc1cc(C(F)(F)F)cc(NN)n1. The Hall–Kier alpha value is -1.54. The zero-order chi connectivity index (χ0) is 15.4. The summed E-state index contributed by atoms with van der Waals surface area (Å²) in [6.45, 7) is 3.61. The van der Waals surface area contributed by atoms with Crippen LogP contribution < -0.4 is 16.6 Å². The molecule has 1 unspecified atom stereocenters. The second-order valence-electron chi connectivity index (χ2n) is 4.78. The first kappa shape index (κ1) is 16.5. The summed E-state index contributed by atoms with van der Waals surface area (Å²) in [6.07, 6.45) is -3.46. The third-order valence-corrected chi connectivity index (χ3v) is 3.17. The number of alkyl halides is 3. The van der Waals surface area contributed by atoms with Crippen molar-refractivity contribution < 1.29 is 18.3 Å². The first-order valence-electron chi connectivity index (χ1n) is 6.19. The molecule has 1 heterocycles. The maximum absolute atomic E-state index is 12.8. The van der Waals surface area contributed by atoms with Crippen molar-refractivity contribution in [3.63, 3.8) is 0 Å². The van der Waals surface area contributed by atoms with Gasteiger partial charge in [-0.3, -0.25) is 0 Å². The van der Waals surface area contributed by atoms with Gasteiger partial charge in [-0.1, -0.05) is 6.92 Å². The van der Waals surface area contributed by atoms with E-state index in [1.807, 2.05) is 6.92 Å². The normalized spacial score (nSPS) is 14.8. The van der Waals surface area contributed by atoms with E-state index in [0.29, 0.717) is 12.8 Å². The van der Waals surface area contributed by atoms with Crippen molar-refractivity contribution in [2.24, 2.45) is 5.84 Å². The van der Waals surface area contributed by atoms with E-state index in [-0.39, 0.29) is 18.2 Å². The number of anilines is 2. The molecule has 5 nitrogen and oxygen atoms in total. The van der Waals surface area contributed by atoms with Crippen LogP contribution in [0, 0.1) is 0 Å². The van der Waals surface area contributed by atoms with Crippen LogP contribution in [0.3, 0.4) is 0 Å². The molecule has 0 saturated carbocycles. The molecule has 0 spiro atoms. The highest BCUT2D eigenvalue weighted by molar-refractivity contribution is 5.50. The van der Waals surface area contributed by atoms with Crippen molar-refractivity contribution in [1.29, 1.82) is 0 Å². The topological polar surface area (TPSA) is 83.2 Å². The fraction of sp³-hybridized carbons (Fsp3) is 0.583. The van der Waals surface area contributed by atoms with Gasteiger partial charge >= 0.3 is 6.18 Å². The van der Waals surface area contributed by atoms with Gasteiger partial charge in [0.1, 0.15) is 11.6 Å². The molecule has 0 bridgehead atoms. The smallest absolute Gasteiger partial charge is 0.396 e. The lowest BCUT2D eigenvalue weighted by atomic mass is 9.95. The second kappa shape index (κ2) is 6.27. The summed E-state index contributed by atoms with van der Waals surface area (Å²) >= 11 is 0. The number of halogens is 3. The number of rotatable bonds is 6. The number of aliphatic hydroxyl groups is 1. The molecule has 1 aromatic rings. The Bertz CT molecular complexity index is 453. The van der Waals surface area contributed by atoms with Crippen LogP contribution >= 0.6 is 0 Å². The lowest BCUT2D eigenvalue weighted by molar-refractivity contribution is -0.137. The van der Waals surface area contributed by atoms with Crippen LogP contribution in [-0.2, 0) is 6.18 Å². The maximum Gasteiger partial charge on any atom is 0.416 e. The molecule has 0 aliphatic heterocycles. The van der Waals surface area contributed by atoms with E-state index in [2.05, 4.69) is 15.7 Å². The molecule has 0 saturated heterocycles.